The van der Waals surface area contributed by atoms with E-state index < -0.39 is 11.9 Å². The van der Waals surface area contributed by atoms with Crippen molar-refractivity contribution in [3.63, 3.8) is 0 Å². The molecule has 2 N–H and O–H groups in total. The SMILES string of the molecule is CCCCCCCCCCN(O)C(=O)C=Cc1ccc(OCCCCCC(=O)O)cc1. The van der Waals surface area contributed by atoms with E-state index >= 15 is 0 Å². The molecule has 1 amide bonds. The fourth-order valence-electron chi connectivity index (χ4n) is 3.18. The number of carboxylic acids is 1. The molecule has 0 bridgehead atoms. The van der Waals surface area contributed by atoms with E-state index in [1.165, 1.54) is 38.2 Å². The molecule has 1 aromatic carbocycles. The summed E-state index contributed by atoms with van der Waals surface area (Å²) in [5, 5.41) is 19.3. The first kappa shape index (κ1) is 26.7. The highest BCUT2D eigenvalue weighted by molar-refractivity contribution is 5.90. The number of hydroxylamine groups is 2. The molecule has 0 saturated heterocycles. The Morgan fingerprint density at radius 2 is 1.52 bits per heavy atom. The summed E-state index contributed by atoms with van der Waals surface area (Å²) in [7, 11) is 0. The summed E-state index contributed by atoms with van der Waals surface area (Å²) in [6, 6.07) is 7.37. The zero-order valence-electron chi connectivity index (χ0n) is 18.9. The molecule has 174 valence electrons. The predicted octanol–water partition coefficient (Wildman–Crippen LogP) is 6.08. The topological polar surface area (TPSA) is 87.1 Å². The quantitative estimate of drug-likeness (QED) is 0.127. The van der Waals surface area contributed by atoms with E-state index in [2.05, 4.69) is 6.92 Å². The molecule has 31 heavy (non-hydrogen) atoms. The van der Waals surface area contributed by atoms with Gasteiger partial charge in [-0.3, -0.25) is 14.8 Å². The summed E-state index contributed by atoms with van der Waals surface area (Å²) < 4.78 is 5.64. The maximum absolute atomic E-state index is 12.0. The minimum absolute atomic E-state index is 0.199. The Hall–Kier alpha value is -2.34. The highest BCUT2D eigenvalue weighted by Crippen LogP contribution is 2.14. The maximum atomic E-state index is 12.0. The first-order valence-corrected chi connectivity index (χ1v) is 11.7. The fourth-order valence-corrected chi connectivity index (χ4v) is 3.18. The van der Waals surface area contributed by atoms with E-state index in [0.717, 1.165) is 48.5 Å². The van der Waals surface area contributed by atoms with Gasteiger partial charge in [0.25, 0.3) is 5.91 Å². The van der Waals surface area contributed by atoms with Gasteiger partial charge in [0.2, 0.25) is 0 Å². The molecule has 0 aliphatic rings. The highest BCUT2D eigenvalue weighted by Gasteiger charge is 2.06. The second-order valence-corrected chi connectivity index (χ2v) is 7.89. The molecule has 0 radical (unpaired) electrons. The Balaban J connectivity index is 2.19. The smallest absolute Gasteiger partial charge is 0.303 e. The Labute approximate surface area is 186 Å². The standard InChI is InChI=1S/C25H39NO5/c1-2-3-4-5-6-7-8-11-20-26(30)24(27)19-16-22-14-17-23(18-15-22)31-21-12-9-10-13-25(28)29/h14-19,30H,2-13,20-21H2,1H3,(H,28,29). The molecule has 0 fully saturated rings. The van der Waals surface area contributed by atoms with E-state index in [1.54, 1.807) is 6.08 Å². The van der Waals surface area contributed by atoms with Crippen LogP contribution >= 0.6 is 0 Å². The van der Waals surface area contributed by atoms with Gasteiger partial charge in [0.15, 0.2) is 0 Å². The Bertz CT molecular complexity index is 642. The van der Waals surface area contributed by atoms with Crippen molar-refractivity contribution < 1.29 is 24.6 Å². The van der Waals surface area contributed by atoms with E-state index in [-0.39, 0.29) is 6.42 Å². The van der Waals surface area contributed by atoms with Gasteiger partial charge in [-0.25, -0.2) is 5.06 Å². The molecular weight excluding hydrogens is 394 g/mol. The number of aliphatic carboxylic acids is 1. The molecule has 1 rings (SSSR count). The van der Waals surface area contributed by atoms with E-state index in [9.17, 15) is 14.8 Å². The van der Waals surface area contributed by atoms with Crippen molar-refractivity contribution in [2.24, 2.45) is 0 Å². The van der Waals surface area contributed by atoms with Crippen LogP contribution in [0.3, 0.4) is 0 Å². The van der Waals surface area contributed by atoms with Crippen LogP contribution < -0.4 is 4.74 Å². The third kappa shape index (κ3) is 14.3. The van der Waals surface area contributed by atoms with Crippen molar-refractivity contribution in [3.05, 3.63) is 35.9 Å². The van der Waals surface area contributed by atoms with Gasteiger partial charge in [-0.1, -0.05) is 64.0 Å². The molecule has 0 unspecified atom stereocenters. The lowest BCUT2D eigenvalue weighted by atomic mass is 10.1. The number of carboxylic acid groups (broad SMARTS) is 1. The normalized spacial score (nSPS) is 11.0. The minimum Gasteiger partial charge on any atom is -0.494 e. The molecule has 0 spiro atoms. The molecule has 0 aliphatic carbocycles. The number of carbonyl (C=O) groups excluding carboxylic acids is 1. The van der Waals surface area contributed by atoms with E-state index in [1.807, 2.05) is 24.3 Å². The van der Waals surface area contributed by atoms with Crippen LogP contribution in [-0.4, -0.2) is 40.4 Å². The first-order valence-electron chi connectivity index (χ1n) is 11.7. The third-order valence-electron chi connectivity index (χ3n) is 5.08. The number of ether oxygens (including phenoxy) is 1. The van der Waals surface area contributed by atoms with E-state index in [4.69, 9.17) is 9.84 Å². The number of amides is 1. The Kier molecular flexibility index (Phi) is 14.9. The second-order valence-electron chi connectivity index (χ2n) is 7.89. The van der Waals surface area contributed by atoms with Crippen LogP contribution in [0.4, 0.5) is 0 Å². The van der Waals surface area contributed by atoms with E-state index in [0.29, 0.717) is 19.6 Å². The summed E-state index contributed by atoms with van der Waals surface area (Å²) in [6.45, 7) is 3.12. The van der Waals surface area contributed by atoms with Gasteiger partial charge in [0.1, 0.15) is 5.75 Å². The first-order chi connectivity index (χ1) is 15.0. The fraction of sp³-hybridized carbons (Fsp3) is 0.600. The number of rotatable bonds is 18. The molecule has 0 heterocycles. The number of benzene rings is 1. The lowest BCUT2D eigenvalue weighted by Gasteiger charge is -2.12. The van der Waals surface area contributed by atoms with Gasteiger partial charge in [-0.2, -0.15) is 0 Å². The summed E-state index contributed by atoms with van der Waals surface area (Å²) >= 11 is 0. The number of hydrogen-bond donors (Lipinski definition) is 2. The van der Waals surface area contributed by atoms with Crippen LogP contribution in [-0.2, 0) is 9.59 Å². The molecule has 1 aromatic rings. The van der Waals surface area contributed by atoms with Gasteiger partial charge >= 0.3 is 5.97 Å². The van der Waals surface area contributed by atoms with Crippen LogP contribution in [0.15, 0.2) is 30.3 Å². The lowest BCUT2D eigenvalue weighted by Crippen LogP contribution is -2.26. The average molecular weight is 434 g/mol. The Morgan fingerprint density at radius 3 is 2.16 bits per heavy atom. The largest absolute Gasteiger partial charge is 0.494 e. The van der Waals surface area contributed by atoms with Crippen LogP contribution in [0.1, 0.15) is 89.5 Å². The molecule has 0 atom stereocenters. The third-order valence-corrected chi connectivity index (χ3v) is 5.08. The van der Waals surface area contributed by atoms with Gasteiger partial charge in [0, 0.05) is 19.0 Å². The molecular formula is C25H39NO5. The molecule has 0 saturated carbocycles. The molecule has 0 aromatic heterocycles. The van der Waals surface area contributed by atoms with Crippen molar-refractivity contribution >= 4 is 18.0 Å². The van der Waals surface area contributed by atoms with Crippen LogP contribution in [0.2, 0.25) is 0 Å². The van der Waals surface area contributed by atoms with Crippen LogP contribution in [0.25, 0.3) is 6.08 Å². The predicted molar refractivity (Wildman–Crippen MR) is 123 cm³/mol. The maximum Gasteiger partial charge on any atom is 0.303 e. The monoisotopic (exact) mass is 433 g/mol. The summed E-state index contributed by atoms with van der Waals surface area (Å²) in [5.41, 5.74) is 0.850. The molecule has 6 nitrogen and oxygen atoms in total. The Morgan fingerprint density at radius 1 is 0.903 bits per heavy atom. The van der Waals surface area contributed by atoms with Crippen molar-refractivity contribution in [2.45, 2.75) is 84.0 Å². The van der Waals surface area contributed by atoms with Crippen molar-refractivity contribution in [3.8, 4) is 5.75 Å². The zero-order chi connectivity index (χ0) is 22.7. The minimum atomic E-state index is -0.763. The number of unbranched alkanes of at least 4 members (excludes halogenated alkanes) is 9. The second kappa shape index (κ2) is 17.4. The average Bonchev–Trinajstić information content (AvgIpc) is 2.76. The highest BCUT2D eigenvalue weighted by atomic mass is 16.5. The van der Waals surface area contributed by atoms with Gasteiger partial charge < -0.3 is 9.84 Å². The van der Waals surface area contributed by atoms with Crippen molar-refractivity contribution in [2.75, 3.05) is 13.2 Å². The van der Waals surface area contributed by atoms with Crippen LogP contribution in [0.5, 0.6) is 5.75 Å². The zero-order valence-corrected chi connectivity index (χ0v) is 18.9. The number of nitrogens with zero attached hydrogens (tertiary/aromatic N) is 1. The summed E-state index contributed by atoms with van der Waals surface area (Å²) in [4.78, 5) is 22.5. The van der Waals surface area contributed by atoms with Crippen molar-refractivity contribution in [1.29, 1.82) is 0 Å². The van der Waals surface area contributed by atoms with Gasteiger partial charge in [-0.05, 0) is 49.5 Å². The number of carbonyl (C=O) groups is 2. The van der Waals surface area contributed by atoms with Gasteiger partial charge in [0.05, 0.1) is 6.61 Å². The lowest BCUT2D eigenvalue weighted by molar-refractivity contribution is -0.159. The summed E-state index contributed by atoms with van der Waals surface area (Å²) in [6.07, 6.45) is 14.9. The van der Waals surface area contributed by atoms with Crippen LogP contribution in [0, 0.1) is 0 Å². The molecule has 0 aliphatic heterocycles. The van der Waals surface area contributed by atoms with Crippen molar-refractivity contribution in [1.82, 2.24) is 5.06 Å². The molecule has 6 heteroatoms. The van der Waals surface area contributed by atoms with Gasteiger partial charge in [-0.15, -0.1) is 0 Å². The number of hydrogen-bond acceptors (Lipinski definition) is 4. The summed E-state index contributed by atoms with van der Waals surface area (Å²) in [5.74, 6) is -0.439.